The second-order valence-electron chi connectivity index (χ2n) is 6.39. The maximum Gasteiger partial charge on any atom is 0.315 e. The highest BCUT2D eigenvalue weighted by Crippen LogP contribution is 2.29. The van der Waals surface area contributed by atoms with E-state index in [1.54, 1.807) is 12.1 Å². The molecule has 2 aromatic heterocycles. The predicted octanol–water partition coefficient (Wildman–Crippen LogP) is 5.08. The van der Waals surface area contributed by atoms with E-state index in [9.17, 15) is 4.79 Å². The van der Waals surface area contributed by atoms with Crippen molar-refractivity contribution in [2.75, 3.05) is 6.61 Å². The predicted molar refractivity (Wildman–Crippen MR) is 112 cm³/mol. The number of allylic oxidation sites excluding steroid dienone is 1. The summed E-state index contributed by atoms with van der Waals surface area (Å²) in [5.41, 5.74) is 2.76. The van der Waals surface area contributed by atoms with Gasteiger partial charge in [-0.05, 0) is 43.7 Å². The van der Waals surface area contributed by atoms with Crippen molar-refractivity contribution >= 4 is 38.4 Å². The number of carbonyl (C=O) groups excluding carboxylic acids is 1. The number of aryl methyl sites for hydroxylation is 1. The number of hydrogen-bond donors (Lipinski definition) is 0. The minimum Gasteiger partial charge on any atom is -0.490 e. The van der Waals surface area contributed by atoms with Gasteiger partial charge in [0.25, 0.3) is 0 Å². The Hall–Kier alpha value is -3.12. The van der Waals surface area contributed by atoms with Crippen LogP contribution in [0.15, 0.2) is 64.5 Å². The quantitative estimate of drug-likeness (QED) is 0.445. The van der Waals surface area contributed by atoms with E-state index in [-0.39, 0.29) is 5.76 Å². The molecule has 0 aliphatic rings. The molecule has 6 heteroatoms. The smallest absolute Gasteiger partial charge is 0.315 e. The van der Waals surface area contributed by atoms with Gasteiger partial charge in [0, 0.05) is 11.9 Å². The highest BCUT2D eigenvalue weighted by atomic mass is 32.1. The van der Waals surface area contributed by atoms with Crippen LogP contribution in [0.4, 0.5) is 0 Å². The molecule has 0 spiro atoms. The largest absolute Gasteiger partial charge is 0.490 e. The number of aromatic nitrogens is 1. The Morgan fingerprint density at radius 1 is 1.32 bits per heavy atom. The molecular weight excluding hydrogens is 372 g/mol. The number of thiazole rings is 1. The van der Waals surface area contributed by atoms with Crippen LogP contribution < -0.4 is 9.54 Å². The second kappa shape index (κ2) is 7.48. The fourth-order valence-electron chi connectivity index (χ4n) is 3.12. The molecular formula is C22H20N2O3S. The van der Waals surface area contributed by atoms with Crippen molar-refractivity contribution in [3.63, 3.8) is 0 Å². The van der Waals surface area contributed by atoms with Crippen LogP contribution >= 0.6 is 11.3 Å². The minimum absolute atomic E-state index is 0.195. The molecule has 0 fully saturated rings. The van der Waals surface area contributed by atoms with Crippen LogP contribution in [-0.2, 0) is 6.54 Å². The molecule has 4 aromatic rings. The summed E-state index contributed by atoms with van der Waals surface area (Å²) in [7, 11) is 0. The molecule has 0 N–H and O–H groups in total. The zero-order valence-electron chi connectivity index (χ0n) is 15.8. The van der Waals surface area contributed by atoms with Gasteiger partial charge in [-0.25, -0.2) is 0 Å². The summed E-state index contributed by atoms with van der Waals surface area (Å²) < 4.78 is 14.4. The molecule has 0 radical (unpaired) electrons. The van der Waals surface area contributed by atoms with E-state index in [0.717, 1.165) is 21.2 Å². The number of ether oxygens (including phenoxy) is 1. The van der Waals surface area contributed by atoms with E-state index in [4.69, 9.17) is 9.15 Å². The first-order chi connectivity index (χ1) is 13.6. The molecule has 142 valence electrons. The summed E-state index contributed by atoms with van der Waals surface area (Å²) >= 11 is 1.48. The number of hydrogen-bond acceptors (Lipinski definition) is 4. The van der Waals surface area contributed by atoms with Crippen LogP contribution in [0.1, 0.15) is 23.0 Å². The first-order valence-electron chi connectivity index (χ1n) is 9.06. The van der Waals surface area contributed by atoms with Gasteiger partial charge in [-0.1, -0.05) is 35.6 Å². The van der Waals surface area contributed by atoms with Gasteiger partial charge in [0.15, 0.2) is 21.9 Å². The van der Waals surface area contributed by atoms with E-state index in [1.165, 1.54) is 11.3 Å². The van der Waals surface area contributed by atoms with Crippen molar-refractivity contribution in [1.82, 2.24) is 4.57 Å². The fraction of sp³-hybridized carbons (Fsp3) is 0.182. The summed E-state index contributed by atoms with van der Waals surface area (Å²) in [6.07, 6.45) is 1.80. The van der Waals surface area contributed by atoms with Crippen molar-refractivity contribution in [1.29, 1.82) is 0 Å². The number of furan rings is 1. The van der Waals surface area contributed by atoms with Gasteiger partial charge >= 0.3 is 5.91 Å². The molecule has 28 heavy (non-hydrogen) atoms. The molecule has 2 aromatic carbocycles. The lowest BCUT2D eigenvalue weighted by Crippen LogP contribution is -2.16. The molecule has 0 atom stereocenters. The number of rotatable bonds is 5. The lowest BCUT2D eigenvalue weighted by atomic mass is 10.2. The molecule has 5 nitrogen and oxygen atoms in total. The summed E-state index contributed by atoms with van der Waals surface area (Å²) in [6.45, 7) is 8.87. The van der Waals surface area contributed by atoms with Crippen molar-refractivity contribution in [3.8, 4) is 5.75 Å². The Labute approximate surface area is 166 Å². The third kappa shape index (κ3) is 3.27. The average Bonchev–Trinajstić information content (AvgIpc) is 3.25. The van der Waals surface area contributed by atoms with Crippen LogP contribution in [0.25, 0.3) is 21.2 Å². The minimum atomic E-state index is -0.417. The third-order valence-electron chi connectivity index (χ3n) is 4.37. The standard InChI is InChI=1S/C22H20N2O3S/c1-4-11-24-16-10-9-14(3)12-19(16)28-22(24)23-21(25)18-13-15-7-6-8-17(26-5-2)20(15)27-18/h4,6-10,12-13H,1,5,11H2,2-3H3. The zero-order valence-corrected chi connectivity index (χ0v) is 16.6. The molecule has 1 amide bonds. The molecule has 0 bridgehead atoms. The van der Waals surface area contributed by atoms with Gasteiger partial charge < -0.3 is 13.7 Å². The Balaban J connectivity index is 1.82. The fourth-order valence-corrected chi connectivity index (χ4v) is 4.26. The van der Waals surface area contributed by atoms with E-state index in [0.29, 0.717) is 29.3 Å². The molecule has 0 saturated carbocycles. The first kappa shape index (κ1) is 18.3. The SMILES string of the molecule is C=CCn1c(=NC(=O)c2cc3cccc(OCC)c3o2)sc2cc(C)ccc21. The van der Waals surface area contributed by atoms with E-state index in [2.05, 4.69) is 23.7 Å². The van der Waals surface area contributed by atoms with Crippen molar-refractivity contribution in [3.05, 3.63) is 71.2 Å². The van der Waals surface area contributed by atoms with E-state index in [1.807, 2.05) is 42.7 Å². The summed E-state index contributed by atoms with van der Waals surface area (Å²) in [6, 6.07) is 13.5. The van der Waals surface area contributed by atoms with Crippen LogP contribution in [0.3, 0.4) is 0 Å². The van der Waals surface area contributed by atoms with Crippen molar-refractivity contribution in [2.24, 2.45) is 4.99 Å². The number of fused-ring (bicyclic) bond motifs is 2. The molecule has 0 unspecified atom stereocenters. The topological polar surface area (TPSA) is 56.7 Å². The number of benzene rings is 2. The Morgan fingerprint density at radius 2 is 2.18 bits per heavy atom. The van der Waals surface area contributed by atoms with Crippen LogP contribution in [-0.4, -0.2) is 17.1 Å². The normalized spacial score (nSPS) is 12.0. The molecule has 0 aliphatic carbocycles. The summed E-state index contributed by atoms with van der Waals surface area (Å²) in [5.74, 6) is 0.402. The Bertz CT molecular complexity index is 1260. The van der Waals surface area contributed by atoms with Gasteiger partial charge in [0.1, 0.15) is 0 Å². The van der Waals surface area contributed by atoms with Gasteiger partial charge in [0.05, 0.1) is 16.8 Å². The third-order valence-corrected chi connectivity index (χ3v) is 5.41. The van der Waals surface area contributed by atoms with E-state index >= 15 is 0 Å². The maximum absolute atomic E-state index is 12.8. The Kier molecular flexibility index (Phi) is 4.88. The average molecular weight is 392 g/mol. The number of carbonyl (C=O) groups is 1. The van der Waals surface area contributed by atoms with Crippen molar-refractivity contribution in [2.45, 2.75) is 20.4 Å². The molecule has 0 saturated heterocycles. The second-order valence-corrected chi connectivity index (χ2v) is 7.40. The summed E-state index contributed by atoms with van der Waals surface area (Å²) in [4.78, 5) is 17.8. The maximum atomic E-state index is 12.8. The lowest BCUT2D eigenvalue weighted by Gasteiger charge is -2.02. The zero-order chi connectivity index (χ0) is 19.7. The molecule has 4 rings (SSSR count). The van der Waals surface area contributed by atoms with Crippen LogP contribution in [0, 0.1) is 6.92 Å². The molecule has 0 aliphatic heterocycles. The van der Waals surface area contributed by atoms with Gasteiger partial charge in [-0.2, -0.15) is 4.99 Å². The van der Waals surface area contributed by atoms with E-state index < -0.39 is 5.91 Å². The van der Waals surface area contributed by atoms with Crippen LogP contribution in [0.5, 0.6) is 5.75 Å². The highest BCUT2D eigenvalue weighted by Gasteiger charge is 2.15. The van der Waals surface area contributed by atoms with Crippen LogP contribution in [0.2, 0.25) is 0 Å². The van der Waals surface area contributed by atoms with Crippen molar-refractivity contribution < 1.29 is 13.9 Å². The number of amides is 1. The van der Waals surface area contributed by atoms with Gasteiger partial charge in [-0.3, -0.25) is 4.79 Å². The number of para-hydroxylation sites is 1. The summed E-state index contributed by atoms with van der Waals surface area (Å²) in [5, 5.41) is 0.815. The Morgan fingerprint density at radius 3 is 2.96 bits per heavy atom. The molecule has 2 heterocycles. The van der Waals surface area contributed by atoms with Gasteiger partial charge in [-0.15, -0.1) is 6.58 Å². The first-order valence-corrected chi connectivity index (χ1v) is 9.87. The monoisotopic (exact) mass is 392 g/mol. The van der Waals surface area contributed by atoms with Gasteiger partial charge in [0.2, 0.25) is 0 Å². The highest BCUT2D eigenvalue weighted by molar-refractivity contribution is 7.16. The number of nitrogens with zero attached hydrogens (tertiary/aromatic N) is 2. The lowest BCUT2D eigenvalue weighted by molar-refractivity contribution is 0.0973.